The number of hydrogen-bond acceptors (Lipinski definition) is 2. The molecule has 0 saturated carbocycles. The molecule has 0 aliphatic rings. The molecule has 12 heavy (non-hydrogen) atoms. The Hall–Kier alpha value is -1.45. The van der Waals surface area contributed by atoms with Crippen LogP contribution in [0.4, 0.5) is 4.39 Å². The fourth-order valence-corrected chi connectivity index (χ4v) is 0.934. The first-order valence-electron chi connectivity index (χ1n) is 3.42. The van der Waals surface area contributed by atoms with Crippen LogP contribution < -0.4 is 0 Å². The van der Waals surface area contributed by atoms with E-state index in [2.05, 4.69) is 4.98 Å². The number of aryl methyl sites for hydroxylation is 1. The Morgan fingerprint density at radius 1 is 1.67 bits per heavy atom. The van der Waals surface area contributed by atoms with Gasteiger partial charge in [0.15, 0.2) is 0 Å². The van der Waals surface area contributed by atoms with E-state index in [1.807, 2.05) is 0 Å². The van der Waals surface area contributed by atoms with Crippen molar-refractivity contribution in [1.29, 1.82) is 0 Å². The van der Waals surface area contributed by atoms with Crippen LogP contribution in [0.1, 0.15) is 11.1 Å². The van der Waals surface area contributed by atoms with Gasteiger partial charge in [-0.25, -0.2) is 4.39 Å². The van der Waals surface area contributed by atoms with Gasteiger partial charge in [0.2, 0.25) is 0 Å². The van der Waals surface area contributed by atoms with Crippen LogP contribution in [-0.2, 0) is 11.2 Å². The van der Waals surface area contributed by atoms with E-state index in [-0.39, 0.29) is 12.0 Å². The first kappa shape index (κ1) is 8.64. The van der Waals surface area contributed by atoms with Crippen LogP contribution in [0.15, 0.2) is 12.4 Å². The number of hydrogen-bond donors (Lipinski definition) is 1. The third-order valence-corrected chi connectivity index (χ3v) is 1.55. The number of rotatable bonds is 2. The van der Waals surface area contributed by atoms with E-state index in [4.69, 9.17) is 5.11 Å². The fraction of sp³-hybridized carbons (Fsp3) is 0.250. The Morgan fingerprint density at radius 3 is 2.83 bits per heavy atom. The Labute approximate surface area is 68.9 Å². The Bertz CT molecular complexity index is 292. The summed E-state index contributed by atoms with van der Waals surface area (Å²) in [6.45, 7) is 1.63. The average molecular weight is 169 g/mol. The van der Waals surface area contributed by atoms with Gasteiger partial charge in [0, 0.05) is 11.8 Å². The zero-order chi connectivity index (χ0) is 9.14. The lowest BCUT2D eigenvalue weighted by Crippen LogP contribution is -2.05. The lowest BCUT2D eigenvalue weighted by atomic mass is 10.1. The minimum Gasteiger partial charge on any atom is -0.481 e. The first-order chi connectivity index (χ1) is 5.61. The van der Waals surface area contributed by atoms with E-state index >= 15 is 0 Å². The summed E-state index contributed by atoms with van der Waals surface area (Å²) in [5, 5.41) is 8.43. The van der Waals surface area contributed by atoms with Crippen LogP contribution >= 0.6 is 0 Å². The number of carboxylic acids is 1. The molecule has 1 aromatic rings. The lowest BCUT2D eigenvalue weighted by molar-refractivity contribution is -0.136. The summed E-state index contributed by atoms with van der Waals surface area (Å²) >= 11 is 0. The second kappa shape index (κ2) is 3.30. The Morgan fingerprint density at radius 2 is 2.33 bits per heavy atom. The summed E-state index contributed by atoms with van der Waals surface area (Å²) in [6.07, 6.45) is 2.17. The summed E-state index contributed by atoms with van der Waals surface area (Å²) in [7, 11) is 0. The minimum atomic E-state index is -1.04. The van der Waals surface area contributed by atoms with Crippen LogP contribution in [0.5, 0.6) is 0 Å². The van der Waals surface area contributed by atoms with Gasteiger partial charge in [0.05, 0.1) is 12.6 Å². The van der Waals surface area contributed by atoms with Crippen molar-refractivity contribution in [3.05, 3.63) is 29.3 Å². The predicted molar refractivity (Wildman–Crippen MR) is 40.3 cm³/mol. The van der Waals surface area contributed by atoms with Gasteiger partial charge in [-0.1, -0.05) is 0 Å². The summed E-state index contributed by atoms with van der Waals surface area (Å²) in [5.41, 5.74) is 0.773. The van der Waals surface area contributed by atoms with Crippen LogP contribution in [0.2, 0.25) is 0 Å². The van der Waals surface area contributed by atoms with E-state index in [1.165, 1.54) is 6.20 Å². The second-order valence-corrected chi connectivity index (χ2v) is 2.49. The number of aromatic nitrogens is 1. The largest absolute Gasteiger partial charge is 0.481 e. The van der Waals surface area contributed by atoms with E-state index in [1.54, 1.807) is 6.92 Å². The van der Waals surface area contributed by atoms with Gasteiger partial charge in [0.25, 0.3) is 0 Å². The van der Waals surface area contributed by atoms with Gasteiger partial charge in [-0.2, -0.15) is 0 Å². The third-order valence-electron chi connectivity index (χ3n) is 1.55. The molecule has 1 rings (SSSR count). The molecule has 0 radical (unpaired) electrons. The fourth-order valence-electron chi connectivity index (χ4n) is 0.934. The number of carboxylic acid groups (broad SMARTS) is 1. The number of halogens is 1. The van der Waals surface area contributed by atoms with E-state index < -0.39 is 11.8 Å². The van der Waals surface area contributed by atoms with Crippen LogP contribution in [-0.4, -0.2) is 16.1 Å². The molecule has 0 unspecified atom stereocenters. The van der Waals surface area contributed by atoms with Gasteiger partial charge >= 0.3 is 5.97 Å². The van der Waals surface area contributed by atoms with Crippen molar-refractivity contribution >= 4 is 5.97 Å². The van der Waals surface area contributed by atoms with Crippen molar-refractivity contribution in [1.82, 2.24) is 4.98 Å². The van der Waals surface area contributed by atoms with Crippen molar-refractivity contribution in [2.45, 2.75) is 13.3 Å². The summed E-state index contributed by atoms with van der Waals surface area (Å²) < 4.78 is 12.9. The highest BCUT2D eigenvalue weighted by Gasteiger charge is 2.09. The minimum absolute atomic E-state index is 0.206. The topological polar surface area (TPSA) is 50.2 Å². The molecule has 0 aromatic carbocycles. The number of nitrogens with zero attached hydrogens (tertiary/aromatic N) is 1. The zero-order valence-corrected chi connectivity index (χ0v) is 6.54. The molecule has 1 heterocycles. The van der Waals surface area contributed by atoms with Gasteiger partial charge < -0.3 is 5.11 Å². The van der Waals surface area contributed by atoms with Crippen molar-refractivity contribution in [3.8, 4) is 0 Å². The van der Waals surface area contributed by atoms with E-state index in [0.717, 1.165) is 6.20 Å². The third kappa shape index (κ3) is 1.78. The molecular formula is C8H8FNO2. The number of aliphatic carboxylic acids is 1. The normalized spacial score (nSPS) is 9.83. The SMILES string of the molecule is Cc1cncc(F)c1CC(=O)O. The quantitative estimate of drug-likeness (QED) is 0.722. The summed E-state index contributed by atoms with van der Waals surface area (Å²) in [5.74, 6) is -1.60. The first-order valence-corrected chi connectivity index (χ1v) is 3.42. The molecule has 0 fully saturated rings. The molecule has 4 heteroatoms. The molecule has 0 atom stereocenters. The molecule has 0 bridgehead atoms. The van der Waals surface area contributed by atoms with Crippen LogP contribution in [0, 0.1) is 12.7 Å². The lowest BCUT2D eigenvalue weighted by Gasteiger charge is -2.02. The standard InChI is InChI=1S/C8H8FNO2/c1-5-3-10-4-7(9)6(5)2-8(11)12/h3-4H,2H2,1H3,(H,11,12). The Kier molecular flexibility index (Phi) is 2.38. The van der Waals surface area contributed by atoms with Gasteiger partial charge in [0.1, 0.15) is 5.82 Å². The van der Waals surface area contributed by atoms with Gasteiger partial charge in [-0.3, -0.25) is 9.78 Å². The second-order valence-electron chi connectivity index (χ2n) is 2.49. The smallest absolute Gasteiger partial charge is 0.307 e. The summed E-state index contributed by atoms with van der Waals surface area (Å²) in [4.78, 5) is 13.9. The monoisotopic (exact) mass is 169 g/mol. The highest BCUT2D eigenvalue weighted by Crippen LogP contribution is 2.10. The molecule has 0 aliphatic heterocycles. The maximum atomic E-state index is 12.9. The maximum absolute atomic E-state index is 12.9. The molecule has 0 amide bonds. The van der Waals surface area contributed by atoms with Gasteiger partial charge in [-0.15, -0.1) is 0 Å². The van der Waals surface area contributed by atoms with Gasteiger partial charge in [-0.05, 0) is 12.5 Å². The predicted octanol–water partition coefficient (Wildman–Crippen LogP) is 1.16. The number of carbonyl (C=O) groups is 1. The molecule has 64 valence electrons. The van der Waals surface area contributed by atoms with Crippen LogP contribution in [0.3, 0.4) is 0 Å². The maximum Gasteiger partial charge on any atom is 0.307 e. The number of pyridine rings is 1. The molecular weight excluding hydrogens is 161 g/mol. The summed E-state index contributed by atoms with van der Waals surface area (Å²) in [6, 6.07) is 0. The van der Waals surface area contributed by atoms with Crippen molar-refractivity contribution in [3.63, 3.8) is 0 Å². The van der Waals surface area contributed by atoms with E-state index in [0.29, 0.717) is 5.56 Å². The van der Waals surface area contributed by atoms with E-state index in [9.17, 15) is 9.18 Å². The Balaban J connectivity index is 3.04. The van der Waals surface area contributed by atoms with Crippen LogP contribution in [0.25, 0.3) is 0 Å². The van der Waals surface area contributed by atoms with Crippen molar-refractivity contribution < 1.29 is 14.3 Å². The molecule has 1 N–H and O–H groups in total. The molecule has 1 aromatic heterocycles. The average Bonchev–Trinajstić information content (AvgIpc) is 1.97. The van der Waals surface area contributed by atoms with Crippen molar-refractivity contribution in [2.24, 2.45) is 0 Å². The van der Waals surface area contributed by atoms with Crippen molar-refractivity contribution in [2.75, 3.05) is 0 Å². The zero-order valence-electron chi connectivity index (χ0n) is 6.54. The molecule has 3 nitrogen and oxygen atoms in total. The molecule has 0 saturated heterocycles. The highest BCUT2D eigenvalue weighted by molar-refractivity contribution is 5.70. The highest BCUT2D eigenvalue weighted by atomic mass is 19.1. The molecule has 0 aliphatic carbocycles. The molecule has 0 spiro atoms.